The van der Waals surface area contributed by atoms with E-state index >= 15 is 0 Å². The lowest BCUT2D eigenvalue weighted by atomic mass is 10.1. The average molecular weight is 330 g/mol. The van der Waals surface area contributed by atoms with E-state index in [4.69, 9.17) is 9.47 Å². The Morgan fingerprint density at radius 1 is 1.21 bits per heavy atom. The van der Waals surface area contributed by atoms with Crippen LogP contribution in [0.15, 0.2) is 35.1 Å². The number of aromatic nitrogens is 1. The molecule has 0 unspecified atom stereocenters. The van der Waals surface area contributed by atoms with E-state index < -0.39 is 0 Å². The Morgan fingerprint density at radius 3 is 2.58 bits per heavy atom. The minimum atomic E-state index is -0.177. The zero-order chi connectivity index (χ0) is 17.5. The van der Waals surface area contributed by atoms with Gasteiger partial charge in [0.1, 0.15) is 0 Å². The van der Waals surface area contributed by atoms with Crippen molar-refractivity contribution in [3.8, 4) is 11.5 Å². The zero-order valence-corrected chi connectivity index (χ0v) is 14.1. The number of carbonyl (C=O) groups is 1. The standard InChI is InChI=1S/C18H22N2O4/c1-12-10-13(2)20-18(22)14(12)11-19-17(21)8-9-24-16-7-5-4-6-15(16)23-3/h4-7,10H,8-9,11H2,1-3H3,(H,19,21)(H,20,22). The van der Waals surface area contributed by atoms with Gasteiger partial charge in [-0.25, -0.2) is 0 Å². The number of hydrogen-bond donors (Lipinski definition) is 2. The number of ether oxygens (including phenoxy) is 2. The SMILES string of the molecule is COc1ccccc1OCCC(=O)NCc1c(C)cc(C)[nH]c1=O. The van der Waals surface area contributed by atoms with Gasteiger partial charge in [0.2, 0.25) is 5.91 Å². The second-order valence-electron chi connectivity index (χ2n) is 5.47. The smallest absolute Gasteiger partial charge is 0.253 e. The van der Waals surface area contributed by atoms with E-state index in [1.165, 1.54) is 0 Å². The number of amides is 1. The number of H-pyrrole nitrogens is 1. The highest BCUT2D eigenvalue weighted by Gasteiger charge is 2.08. The van der Waals surface area contributed by atoms with Gasteiger partial charge in [0.15, 0.2) is 11.5 Å². The van der Waals surface area contributed by atoms with Crippen LogP contribution in [0.5, 0.6) is 11.5 Å². The van der Waals surface area contributed by atoms with Crippen LogP contribution in [0.1, 0.15) is 23.2 Å². The highest BCUT2D eigenvalue weighted by Crippen LogP contribution is 2.25. The number of aromatic amines is 1. The Balaban J connectivity index is 1.83. The molecular formula is C18H22N2O4. The van der Waals surface area contributed by atoms with E-state index in [0.29, 0.717) is 17.1 Å². The van der Waals surface area contributed by atoms with Crippen LogP contribution in [0.2, 0.25) is 0 Å². The Kier molecular flexibility index (Phi) is 6.01. The minimum absolute atomic E-state index is 0.168. The van der Waals surface area contributed by atoms with Gasteiger partial charge in [0.25, 0.3) is 5.56 Å². The monoisotopic (exact) mass is 330 g/mol. The predicted octanol–water partition coefficient (Wildman–Crippen LogP) is 2.09. The number of nitrogens with one attached hydrogen (secondary N) is 2. The molecule has 1 aromatic heterocycles. The molecule has 1 aromatic carbocycles. The number of carbonyl (C=O) groups excluding carboxylic acids is 1. The van der Waals surface area contributed by atoms with Crippen LogP contribution in [0.4, 0.5) is 0 Å². The lowest BCUT2D eigenvalue weighted by Gasteiger charge is -2.11. The van der Waals surface area contributed by atoms with Crippen molar-refractivity contribution in [2.45, 2.75) is 26.8 Å². The summed E-state index contributed by atoms with van der Waals surface area (Å²) in [6.07, 6.45) is 0.195. The highest BCUT2D eigenvalue weighted by atomic mass is 16.5. The molecule has 6 nitrogen and oxygen atoms in total. The molecule has 1 amide bonds. The molecule has 0 aliphatic heterocycles. The Hall–Kier alpha value is -2.76. The molecule has 0 saturated heterocycles. The molecule has 0 fully saturated rings. The summed E-state index contributed by atoms with van der Waals surface area (Å²) in [5, 5.41) is 2.74. The van der Waals surface area contributed by atoms with Gasteiger partial charge in [0.05, 0.1) is 20.1 Å². The Labute approximate surface area is 140 Å². The Morgan fingerprint density at radius 2 is 1.92 bits per heavy atom. The van der Waals surface area contributed by atoms with Gasteiger partial charge in [-0.15, -0.1) is 0 Å². The van der Waals surface area contributed by atoms with E-state index in [1.807, 2.05) is 32.0 Å². The molecule has 0 aliphatic carbocycles. The van der Waals surface area contributed by atoms with Crippen molar-refractivity contribution < 1.29 is 14.3 Å². The van der Waals surface area contributed by atoms with Crippen molar-refractivity contribution in [3.63, 3.8) is 0 Å². The maximum Gasteiger partial charge on any atom is 0.253 e. The zero-order valence-electron chi connectivity index (χ0n) is 14.1. The lowest BCUT2D eigenvalue weighted by molar-refractivity contribution is -0.121. The number of para-hydroxylation sites is 2. The summed E-state index contributed by atoms with van der Waals surface area (Å²) in [6, 6.07) is 9.14. The second kappa shape index (κ2) is 8.19. The van der Waals surface area contributed by atoms with Crippen LogP contribution < -0.4 is 20.3 Å². The van der Waals surface area contributed by atoms with E-state index in [1.54, 1.807) is 19.2 Å². The maximum atomic E-state index is 11.9. The fraction of sp³-hybridized carbons (Fsp3) is 0.333. The largest absolute Gasteiger partial charge is 0.493 e. The molecule has 2 rings (SSSR count). The van der Waals surface area contributed by atoms with Crippen molar-refractivity contribution in [2.75, 3.05) is 13.7 Å². The van der Waals surface area contributed by atoms with Crippen LogP contribution in [-0.4, -0.2) is 24.6 Å². The van der Waals surface area contributed by atoms with Crippen molar-refractivity contribution in [1.82, 2.24) is 10.3 Å². The molecular weight excluding hydrogens is 308 g/mol. The first kappa shape index (κ1) is 17.6. The normalized spacial score (nSPS) is 10.3. The lowest BCUT2D eigenvalue weighted by Crippen LogP contribution is -2.28. The third-order valence-corrected chi connectivity index (χ3v) is 3.61. The van der Waals surface area contributed by atoms with Crippen molar-refractivity contribution in [2.24, 2.45) is 0 Å². The first-order chi connectivity index (χ1) is 11.5. The van der Waals surface area contributed by atoms with E-state index in [-0.39, 0.29) is 31.0 Å². The van der Waals surface area contributed by atoms with Crippen LogP contribution >= 0.6 is 0 Å². The number of hydrogen-bond acceptors (Lipinski definition) is 4. The fourth-order valence-electron chi connectivity index (χ4n) is 2.37. The van der Waals surface area contributed by atoms with Gasteiger partial charge < -0.3 is 19.8 Å². The molecule has 0 saturated carbocycles. The summed E-state index contributed by atoms with van der Waals surface area (Å²) in [4.78, 5) is 26.5. The van der Waals surface area contributed by atoms with Crippen LogP contribution in [0, 0.1) is 13.8 Å². The third kappa shape index (κ3) is 4.62. The number of methoxy groups -OCH3 is 1. The van der Waals surface area contributed by atoms with Crippen LogP contribution in [0.25, 0.3) is 0 Å². The molecule has 0 atom stereocenters. The molecule has 0 radical (unpaired) electrons. The second-order valence-corrected chi connectivity index (χ2v) is 5.47. The van der Waals surface area contributed by atoms with Crippen molar-refractivity contribution in [3.05, 3.63) is 57.5 Å². The first-order valence-electron chi connectivity index (χ1n) is 7.73. The average Bonchev–Trinajstić information content (AvgIpc) is 2.54. The van der Waals surface area contributed by atoms with Gasteiger partial charge in [-0.3, -0.25) is 9.59 Å². The van der Waals surface area contributed by atoms with Crippen molar-refractivity contribution >= 4 is 5.91 Å². The van der Waals surface area contributed by atoms with E-state index in [2.05, 4.69) is 10.3 Å². The first-order valence-corrected chi connectivity index (χ1v) is 7.73. The third-order valence-electron chi connectivity index (χ3n) is 3.61. The van der Waals surface area contributed by atoms with E-state index in [0.717, 1.165) is 11.3 Å². The number of aryl methyl sites for hydroxylation is 2. The van der Waals surface area contributed by atoms with Crippen molar-refractivity contribution in [1.29, 1.82) is 0 Å². The van der Waals surface area contributed by atoms with Crippen LogP contribution in [0.3, 0.4) is 0 Å². The quantitative estimate of drug-likeness (QED) is 0.814. The molecule has 24 heavy (non-hydrogen) atoms. The molecule has 2 N–H and O–H groups in total. The molecule has 0 aliphatic rings. The summed E-state index contributed by atoms with van der Waals surface area (Å²) in [5.41, 5.74) is 2.07. The molecule has 1 heterocycles. The minimum Gasteiger partial charge on any atom is -0.493 e. The summed E-state index contributed by atoms with van der Waals surface area (Å²) in [5.74, 6) is 1.04. The summed E-state index contributed by atoms with van der Waals surface area (Å²) in [6.45, 7) is 4.12. The van der Waals surface area contributed by atoms with Gasteiger partial charge in [-0.1, -0.05) is 12.1 Å². The molecule has 0 spiro atoms. The van der Waals surface area contributed by atoms with Gasteiger partial charge in [0, 0.05) is 17.8 Å². The highest BCUT2D eigenvalue weighted by molar-refractivity contribution is 5.76. The predicted molar refractivity (Wildman–Crippen MR) is 91.5 cm³/mol. The van der Waals surface area contributed by atoms with Gasteiger partial charge in [-0.2, -0.15) is 0 Å². The maximum absolute atomic E-state index is 11.9. The molecule has 6 heteroatoms. The number of rotatable bonds is 7. The van der Waals surface area contributed by atoms with E-state index in [9.17, 15) is 9.59 Å². The van der Waals surface area contributed by atoms with Gasteiger partial charge >= 0.3 is 0 Å². The van der Waals surface area contributed by atoms with Gasteiger partial charge in [-0.05, 0) is 37.6 Å². The molecule has 2 aromatic rings. The summed E-state index contributed by atoms with van der Waals surface area (Å²) >= 11 is 0. The summed E-state index contributed by atoms with van der Waals surface area (Å²) < 4.78 is 10.7. The topological polar surface area (TPSA) is 80.4 Å². The molecule has 128 valence electrons. The Bertz CT molecular complexity index is 768. The number of pyridine rings is 1. The fourth-order valence-corrected chi connectivity index (χ4v) is 2.37. The number of benzene rings is 1. The van der Waals surface area contributed by atoms with Crippen LogP contribution in [-0.2, 0) is 11.3 Å². The summed E-state index contributed by atoms with van der Waals surface area (Å²) in [7, 11) is 1.57. The molecule has 0 bridgehead atoms.